The lowest BCUT2D eigenvalue weighted by molar-refractivity contribution is 0.0992. The summed E-state index contributed by atoms with van der Waals surface area (Å²) < 4.78 is 13.7. The number of hydrogen-bond acceptors (Lipinski definition) is 1. The van der Waals surface area contributed by atoms with Crippen molar-refractivity contribution < 1.29 is 9.18 Å². The first kappa shape index (κ1) is 13.2. The summed E-state index contributed by atoms with van der Waals surface area (Å²) >= 11 is 9.11. The van der Waals surface area contributed by atoms with E-state index < -0.39 is 0 Å². The highest BCUT2D eigenvalue weighted by Crippen LogP contribution is 2.23. The van der Waals surface area contributed by atoms with Gasteiger partial charge in [-0.25, -0.2) is 4.39 Å². The highest BCUT2D eigenvalue weighted by Gasteiger charge is 2.11. The minimum absolute atomic E-state index is 0.0795. The Kier molecular flexibility index (Phi) is 4.15. The van der Waals surface area contributed by atoms with E-state index in [0.717, 1.165) is 0 Å². The maximum absolute atomic E-state index is 13.0. The number of ketones is 1. The molecule has 0 bridgehead atoms. The molecule has 0 aliphatic heterocycles. The van der Waals surface area contributed by atoms with Gasteiger partial charge in [0.05, 0.1) is 0 Å². The molecule has 0 saturated heterocycles. The van der Waals surface area contributed by atoms with E-state index in [1.54, 1.807) is 30.3 Å². The molecule has 0 fully saturated rings. The van der Waals surface area contributed by atoms with E-state index in [2.05, 4.69) is 15.9 Å². The predicted molar refractivity (Wildman–Crippen MR) is 73.6 cm³/mol. The van der Waals surface area contributed by atoms with Gasteiger partial charge in [-0.2, -0.15) is 0 Å². The van der Waals surface area contributed by atoms with Gasteiger partial charge in [-0.15, -0.1) is 0 Å². The maximum atomic E-state index is 13.0. The zero-order chi connectivity index (χ0) is 13.1. The Bertz CT molecular complexity index is 598. The van der Waals surface area contributed by atoms with E-state index in [0.29, 0.717) is 20.6 Å². The molecule has 1 nitrogen and oxygen atoms in total. The summed E-state index contributed by atoms with van der Waals surface area (Å²) in [5.74, 6) is -0.417. The van der Waals surface area contributed by atoms with Crippen molar-refractivity contribution in [1.29, 1.82) is 0 Å². The summed E-state index contributed by atoms with van der Waals surface area (Å²) in [5.41, 5.74) is 1.20. The molecule has 0 spiro atoms. The second-order valence-corrected chi connectivity index (χ2v) is 5.14. The lowest BCUT2D eigenvalue weighted by Crippen LogP contribution is -2.04. The third kappa shape index (κ3) is 3.18. The molecule has 18 heavy (non-hydrogen) atoms. The minimum atomic E-state index is -0.338. The summed E-state index contributed by atoms with van der Waals surface area (Å²) in [5, 5.41) is 0.559. The van der Waals surface area contributed by atoms with Crippen LogP contribution in [0.25, 0.3) is 0 Å². The Morgan fingerprint density at radius 2 is 2.00 bits per heavy atom. The molecule has 0 aliphatic rings. The van der Waals surface area contributed by atoms with Crippen LogP contribution in [-0.2, 0) is 6.42 Å². The van der Waals surface area contributed by atoms with Gasteiger partial charge in [0.25, 0.3) is 0 Å². The van der Waals surface area contributed by atoms with Crippen molar-refractivity contribution in [2.24, 2.45) is 0 Å². The van der Waals surface area contributed by atoms with Gasteiger partial charge in [-0.3, -0.25) is 4.79 Å². The van der Waals surface area contributed by atoms with Gasteiger partial charge in [0.1, 0.15) is 5.82 Å². The largest absolute Gasteiger partial charge is 0.294 e. The number of halogens is 3. The quantitative estimate of drug-likeness (QED) is 0.749. The van der Waals surface area contributed by atoms with Crippen molar-refractivity contribution >= 4 is 33.3 Å². The topological polar surface area (TPSA) is 17.1 Å². The molecule has 0 unspecified atom stereocenters. The van der Waals surface area contributed by atoms with E-state index in [9.17, 15) is 9.18 Å². The summed E-state index contributed by atoms with van der Waals surface area (Å²) in [6, 6.07) is 11.0. The summed E-state index contributed by atoms with van der Waals surface area (Å²) in [6.45, 7) is 0. The number of hydrogen-bond donors (Lipinski definition) is 0. The van der Waals surface area contributed by atoms with E-state index in [1.165, 1.54) is 12.1 Å². The molecular formula is C14H9BrClFO. The Morgan fingerprint density at radius 3 is 2.67 bits per heavy atom. The van der Waals surface area contributed by atoms with Crippen LogP contribution in [0.4, 0.5) is 4.39 Å². The molecule has 4 heteroatoms. The fourth-order valence-electron chi connectivity index (χ4n) is 1.64. The predicted octanol–water partition coefficient (Wildman–Crippen LogP) is 4.67. The number of Topliss-reactive ketones (excluding diaryl/α,β-unsaturated/α-hetero) is 1. The van der Waals surface area contributed by atoms with Crippen LogP contribution >= 0.6 is 27.5 Å². The molecule has 0 atom stereocenters. The van der Waals surface area contributed by atoms with Gasteiger partial charge in [-0.1, -0.05) is 23.7 Å². The fourth-order valence-corrected chi connectivity index (χ4v) is 2.55. The average molecular weight is 328 g/mol. The maximum Gasteiger partial charge on any atom is 0.168 e. The lowest BCUT2D eigenvalue weighted by Gasteiger charge is -2.04. The molecule has 0 heterocycles. The van der Waals surface area contributed by atoms with E-state index in [1.807, 2.05) is 0 Å². The summed E-state index contributed by atoms with van der Waals surface area (Å²) in [4.78, 5) is 12.1. The Hall–Kier alpha value is -1.19. The number of benzene rings is 2. The molecule has 0 aromatic heterocycles. The van der Waals surface area contributed by atoms with Crippen LogP contribution in [0.1, 0.15) is 15.9 Å². The lowest BCUT2D eigenvalue weighted by atomic mass is 10.0. The van der Waals surface area contributed by atoms with Crippen molar-refractivity contribution in [3.8, 4) is 0 Å². The zero-order valence-corrected chi connectivity index (χ0v) is 11.6. The van der Waals surface area contributed by atoms with Crippen LogP contribution in [0.3, 0.4) is 0 Å². The molecule has 0 N–H and O–H groups in total. The first-order valence-electron chi connectivity index (χ1n) is 5.29. The van der Waals surface area contributed by atoms with Gasteiger partial charge < -0.3 is 0 Å². The SMILES string of the molecule is O=C(Cc1cccc(F)c1)c1ccc(Cl)cc1Br. The Labute approximate surface area is 118 Å². The third-order valence-electron chi connectivity index (χ3n) is 2.49. The van der Waals surface area contributed by atoms with Crippen LogP contribution < -0.4 is 0 Å². The molecular weight excluding hydrogens is 319 g/mol. The Morgan fingerprint density at radius 1 is 1.22 bits per heavy atom. The molecule has 0 saturated carbocycles. The molecule has 0 aliphatic carbocycles. The number of carbonyl (C=O) groups is 1. The monoisotopic (exact) mass is 326 g/mol. The van der Waals surface area contributed by atoms with Gasteiger partial charge in [-0.05, 0) is 51.8 Å². The van der Waals surface area contributed by atoms with Crippen LogP contribution in [0.5, 0.6) is 0 Å². The van der Waals surface area contributed by atoms with Gasteiger partial charge >= 0.3 is 0 Å². The molecule has 92 valence electrons. The normalized spacial score (nSPS) is 10.4. The Balaban J connectivity index is 2.22. The summed E-state index contributed by atoms with van der Waals surface area (Å²) in [7, 11) is 0. The van der Waals surface area contributed by atoms with Crippen LogP contribution in [-0.4, -0.2) is 5.78 Å². The van der Waals surface area contributed by atoms with Crippen molar-refractivity contribution in [3.05, 3.63) is 68.9 Å². The van der Waals surface area contributed by atoms with Crippen LogP contribution in [0, 0.1) is 5.82 Å². The van der Waals surface area contributed by atoms with Crippen molar-refractivity contribution in [1.82, 2.24) is 0 Å². The van der Waals surface area contributed by atoms with Gasteiger partial charge in [0, 0.05) is 21.5 Å². The molecule has 0 amide bonds. The minimum Gasteiger partial charge on any atom is -0.294 e. The highest BCUT2D eigenvalue weighted by molar-refractivity contribution is 9.10. The first-order chi connectivity index (χ1) is 8.56. The second-order valence-electron chi connectivity index (χ2n) is 3.85. The average Bonchev–Trinajstić information content (AvgIpc) is 2.28. The van der Waals surface area contributed by atoms with E-state index in [4.69, 9.17) is 11.6 Å². The fraction of sp³-hybridized carbons (Fsp3) is 0.0714. The zero-order valence-electron chi connectivity index (χ0n) is 9.29. The summed E-state index contributed by atoms with van der Waals surface area (Å²) in [6.07, 6.45) is 0.165. The van der Waals surface area contributed by atoms with E-state index >= 15 is 0 Å². The molecule has 2 aromatic carbocycles. The van der Waals surface area contributed by atoms with Crippen molar-refractivity contribution in [2.75, 3.05) is 0 Å². The molecule has 2 rings (SSSR count). The van der Waals surface area contributed by atoms with Gasteiger partial charge in [0.2, 0.25) is 0 Å². The first-order valence-corrected chi connectivity index (χ1v) is 6.46. The number of carbonyl (C=O) groups excluding carboxylic acids is 1. The van der Waals surface area contributed by atoms with Crippen LogP contribution in [0.2, 0.25) is 5.02 Å². The van der Waals surface area contributed by atoms with Crippen LogP contribution in [0.15, 0.2) is 46.9 Å². The second kappa shape index (κ2) is 5.63. The smallest absolute Gasteiger partial charge is 0.168 e. The van der Waals surface area contributed by atoms with Gasteiger partial charge in [0.15, 0.2) is 5.78 Å². The third-order valence-corrected chi connectivity index (χ3v) is 3.38. The van der Waals surface area contributed by atoms with Crippen molar-refractivity contribution in [2.45, 2.75) is 6.42 Å². The molecule has 0 radical (unpaired) electrons. The van der Waals surface area contributed by atoms with Crippen molar-refractivity contribution in [3.63, 3.8) is 0 Å². The number of rotatable bonds is 3. The highest BCUT2D eigenvalue weighted by atomic mass is 79.9. The van der Waals surface area contributed by atoms with E-state index in [-0.39, 0.29) is 18.0 Å². The standard InChI is InChI=1S/C14H9BrClFO/c15-13-8-10(16)4-5-12(13)14(18)7-9-2-1-3-11(17)6-9/h1-6,8H,7H2. The molecule has 2 aromatic rings.